The Labute approximate surface area is 187 Å². The van der Waals surface area contributed by atoms with E-state index in [1.54, 1.807) is 0 Å². The molecule has 1 saturated heterocycles. The van der Waals surface area contributed by atoms with Crippen LogP contribution in [-0.4, -0.2) is 22.7 Å². The Morgan fingerprint density at radius 1 is 1.00 bits per heavy atom. The first-order valence-electron chi connectivity index (χ1n) is 11.2. The topological polar surface area (TPSA) is 67.5 Å². The zero-order valence-corrected chi connectivity index (χ0v) is 18.1. The van der Waals surface area contributed by atoms with E-state index in [1.807, 2.05) is 48.5 Å². The molecule has 162 valence electrons. The Kier molecular flexibility index (Phi) is 5.73. The smallest absolute Gasteiger partial charge is 0.259 e. The fourth-order valence-corrected chi connectivity index (χ4v) is 4.13. The van der Waals surface area contributed by atoms with Crippen LogP contribution in [-0.2, 0) is 11.2 Å². The van der Waals surface area contributed by atoms with Gasteiger partial charge in [-0.2, -0.15) is 0 Å². The molecule has 4 aromatic rings. The molecule has 2 atom stereocenters. The second kappa shape index (κ2) is 8.97. The molecule has 32 heavy (non-hydrogen) atoms. The lowest BCUT2D eigenvalue weighted by atomic mass is 10.0. The van der Waals surface area contributed by atoms with Crippen LogP contribution in [0.2, 0.25) is 0 Å². The minimum atomic E-state index is -0.154. The molecule has 1 aliphatic rings. The van der Waals surface area contributed by atoms with E-state index in [-0.39, 0.29) is 17.8 Å². The lowest BCUT2D eigenvalue weighted by Crippen LogP contribution is -2.11. The third-order valence-electron chi connectivity index (χ3n) is 5.82. The number of hydrogen-bond donors (Lipinski definition) is 1. The number of fused-ring (bicyclic) bond motifs is 1. The van der Waals surface area contributed by atoms with Crippen molar-refractivity contribution in [3.63, 3.8) is 0 Å². The molecular weight excluding hydrogens is 400 g/mol. The van der Waals surface area contributed by atoms with Gasteiger partial charge in [0.2, 0.25) is 0 Å². The highest BCUT2D eigenvalue weighted by atomic mass is 16.6. The minimum absolute atomic E-state index is 0.0313. The predicted molar refractivity (Wildman–Crippen MR) is 126 cm³/mol. The van der Waals surface area contributed by atoms with E-state index < -0.39 is 0 Å². The molecule has 1 aliphatic heterocycles. The molecule has 2 heterocycles. The first-order chi connectivity index (χ1) is 15.7. The number of aryl methyl sites for hydroxylation is 1. The SMILES string of the molecule is CCCOc1ccccc1-c1nc2c(C3OC3CCc3ccccc3)cccc2c(=O)[nH]1. The van der Waals surface area contributed by atoms with Crippen molar-refractivity contribution in [2.24, 2.45) is 0 Å². The zero-order chi connectivity index (χ0) is 21.9. The summed E-state index contributed by atoms with van der Waals surface area (Å²) in [6, 6.07) is 23.9. The summed E-state index contributed by atoms with van der Waals surface area (Å²) in [5, 5.41) is 0.579. The average Bonchev–Trinajstić information content (AvgIpc) is 3.61. The van der Waals surface area contributed by atoms with Gasteiger partial charge >= 0.3 is 0 Å². The maximum Gasteiger partial charge on any atom is 0.259 e. The van der Waals surface area contributed by atoms with Crippen molar-refractivity contribution < 1.29 is 9.47 Å². The predicted octanol–water partition coefficient (Wildman–Crippen LogP) is 5.45. The maximum atomic E-state index is 12.9. The number of ether oxygens (including phenoxy) is 2. The number of H-pyrrole nitrogens is 1. The standard InChI is InChI=1S/C27H26N2O3/c1-2-17-31-22-14-7-6-11-19(22)26-28-24-20(12-8-13-21(24)27(30)29-26)25-23(32-25)16-15-18-9-4-3-5-10-18/h3-14,23,25H,2,15-17H2,1H3,(H,28,29,30). The Balaban J connectivity index is 1.46. The van der Waals surface area contributed by atoms with Crippen molar-refractivity contribution in [2.45, 2.75) is 38.4 Å². The number of rotatable bonds is 8. The van der Waals surface area contributed by atoms with Crippen molar-refractivity contribution >= 4 is 10.9 Å². The molecule has 1 N–H and O–H groups in total. The average molecular weight is 427 g/mol. The van der Waals surface area contributed by atoms with Crippen LogP contribution in [0.15, 0.2) is 77.6 Å². The molecule has 0 amide bonds. The maximum absolute atomic E-state index is 12.9. The molecule has 1 aromatic heterocycles. The van der Waals surface area contributed by atoms with Gasteiger partial charge in [-0.1, -0.05) is 61.5 Å². The van der Waals surface area contributed by atoms with Crippen molar-refractivity contribution in [2.75, 3.05) is 6.61 Å². The van der Waals surface area contributed by atoms with Gasteiger partial charge < -0.3 is 14.5 Å². The summed E-state index contributed by atoms with van der Waals surface area (Å²) in [4.78, 5) is 20.7. The van der Waals surface area contributed by atoms with Crippen LogP contribution < -0.4 is 10.3 Å². The van der Waals surface area contributed by atoms with Crippen LogP contribution in [0, 0.1) is 0 Å². The fraction of sp³-hybridized carbons (Fsp3) is 0.259. The van der Waals surface area contributed by atoms with Gasteiger partial charge in [-0.05, 0) is 43.0 Å². The molecule has 0 aliphatic carbocycles. The zero-order valence-electron chi connectivity index (χ0n) is 18.1. The number of para-hydroxylation sites is 2. The third kappa shape index (κ3) is 4.16. The van der Waals surface area contributed by atoms with Gasteiger partial charge in [0.25, 0.3) is 5.56 Å². The summed E-state index contributed by atoms with van der Waals surface area (Å²) in [7, 11) is 0. The van der Waals surface area contributed by atoms with Crippen LogP contribution in [0.4, 0.5) is 0 Å². The first-order valence-corrected chi connectivity index (χ1v) is 11.2. The highest BCUT2D eigenvalue weighted by Crippen LogP contribution is 2.43. The Hall–Kier alpha value is -3.44. The molecule has 5 rings (SSSR count). The van der Waals surface area contributed by atoms with E-state index in [0.29, 0.717) is 23.3 Å². The molecule has 5 nitrogen and oxygen atoms in total. The van der Waals surface area contributed by atoms with Crippen molar-refractivity contribution in [3.05, 3.63) is 94.3 Å². The molecule has 0 radical (unpaired) electrons. The first kappa shape index (κ1) is 20.5. The van der Waals surface area contributed by atoms with E-state index in [1.165, 1.54) is 5.56 Å². The second-order valence-electron chi connectivity index (χ2n) is 8.12. The van der Waals surface area contributed by atoms with E-state index in [0.717, 1.165) is 36.1 Å². The van der Waals surface area contributed by atoms with Gasteiger partial charge in [0.05, 0.1) is 29.2 Å². The molecular formula is C27H26N2O3. The van der Waals surface area contributed by atoms with Crippen LogP contribution in [0.5, 0.6) is 5.75 Å². The summed E-state index contributed by atoms with van der Waals surface area (Å²) in [6.07, 6.45) is 2.92. The lowest BCUT2D eigenvalue weighted by molar-refractivity contribution is 0.318. The molecule has 0 bridgehead atoms. The highest BCUT2D eigenvalue weighted by molar-refractivity contribution is 5.83. The summed E-state index contributed by atoms with van der Waals surface area (Å²) >= 11 is 0. The molecule has 0 saturated carbocycles. The van der Waals surface area contributed by atoms with Gasteiger partial charge in [-0.25, -0.2) is 4.98 Å². The van der Waals surface area contributed by atoms with Gasteiger partial charge in [-0.3, -0.25) is 4.79 Å². The summed E-state index contributed by atoms with van der Waals surface area (Å²) in [5.74, 6) is 1.24. The number of aromatic nitrogens is 2. The second-order valence-corrected chi connectivity index (χ2v) is 8.12. The minimum Gasteiger partial charge on any atom is -0.493 e. The van der Waals surface area contributed by atoms with Gasteiger partial charge in [-0.15, -0.1) is 0 Å². The fourth-order valence-electron chi connectivity index (χ4n) is 4.13. The number of nitrogens with zero attached hydrogens (tertiary/aromatic N) is 1. The monoisotopic (exact) mass is 426 g/mol. The molecule has 1 fully saturated rings. The van der Waals surface area contributed by atoms with E-state index >= 15 is 0 Å². The summed E-state index contributed by atoms with van der Waals surface area (Å²) in [5.41, 5.74) is 3.61. The Bertz CT molecular complexity index is 1280. The lowest BCUT2D eigenvalue weighted by Gasteiger charge is -2.11. The van der Waals surface area contributed by atoms with Crippen LogP contribution >= 0.6 is 0 Å². The van der Waals surface area contributed by atoms with Crippen LogP contribution in [0.1, 0.15) is 37.0 Å². The largest absolute Gasteiger partial charge is 0.493 e. The molecule has 0 spiro atoms. The molecule has 5 heteroatoms. The summed E-state index contributed by atoms with van der Waals surface area (Å²) < 4.78 is 11.9. The van der Waals surface area contributed by atoms with E-state index in [4.69, 9.17) is 14.5 Å². The number of epoxide rings is 1. The number of benzene rings is 3. The van der Waals surface area contributed by atoms with Crippen molar-refractivity contribution in [1.29, 1.82) is 0 Å². The van der Waals surface area contributed by atoms with Gasteiger partial charge in [0.15, 0.2) is 0 Å². The van der Waals surface area contributed by atoms with E-state index in [2.05, 4.69) is 36.2 Å². The van der Waals surface area contributed by atoms with Crippen LogP contribution in [0.3, 0.4) is 0 Å². The van der Waals surface area contributed by atoms with Gasteiger partial charge in [0.1, 0.15) is 17.7 Å². The number of hydrogen-bond acceptors (Lipinski definition) is 4. The number of nitrogens with one attached hydrogen (secondary N) is 1. The third-order valence-corrected chi connectivity index (χ3v) is 5.82. The van der Waals surface area contributed by atoms with Crippen molar-refractivity contribution in [1.82, 2.24) is 9.97 Å². The Morgan fingerprint density at radius 3 is 2.66 bits per heavy atom. The quantitative estimate of drug-likeness (QED) is 0.380. The normalized spacial score (nSPS) is 17.4. The van der Waals surface area contributed by atoms with Crippen LogP contribution in [0.25, 0.3) is 22.3 Å². The van der Waals surface area contributed by atoms with E-state index in [9.17, 15) is 4.79 Å². The molecule has 2 unspecified atom stereocenters. The highest BCUT2D eigenvalue weighted by Gasteiger charge is 2.41. The van der Waals surface area contributed by atoms with Gasteiger partial charge in [0, 0.05) is 5.56 Å². The Morgan fingerprint density at radius 2 is 1.81 bits per heavy atom. The van der Waals surface area contributed by atoms with Crippen molar-refractivity contribution in [3.8, 4) is 17.1 Å². The molecule has 3 aromatic carbocycles. The number of aromatic amines is 1. The summed E-state index contributed by atoms with van der Waals surface area (Å²) in [6.45, 7) is 2.67.